The van der Waals surface area contributed by atoms with Crippen LogP contribution in [0.2, 0.25) is 5.02 Å². The number of hydrogen-bond acceptors (Lipinski definition) is 3. The summed E-state index contributed by atoms with van der Waals surface area (Å²) in [7, 11) is -3.92. The third-order valence-corrected chi connectivity index (χ3v) is 4.98. The monoisotopic (exact) mass is 323 g/mol. The molecule has 0 heterocycles. The minimum Gasteiger partial charge on any atom is -0.481 e. The van der Waals surface area contributed by atoms with Gasteiger partial charge in [0.25, 0.3) is 0 Å². The van der Waals surface area contributed by atoms with Crippen molar-refractivity contribution >= 4 is 27.6 Å². The first-order valence-corrected chi connectivity index (χ1v) is 7.66. The fourth-order valence-electron chi connectivity index (χ4n) is 1.63. The largest absolute Gasteiger partial charge is 0.481 e. The zero-order valence-corrected chi connectivity index (χ0v) is 12.6. The van der Waals surface area contributed by atoms with Crippen LogP contribution in [-0.4, -0.2) is 36.4 Å². The highest BCUT2D eigenvalue weighted by Crippen LogP contribution is 2.23. The number of benzene rings is 1. The van der Waals surface area contributed by atoms with Crippen LogP contribution in [-0.2, 0) is 14.8 Å². The van der Waals surface area contributed by atoms with Crippen LogP contribution in [0.25, 0.3) is 0 Å². The molecule has 1 aromatic rings. The molecule has 0 aliphatic carbocycles. The predicted octanol–water partition coefficient (Wildman–Crippen LogP) is 2.35. The maximum atomic E-state index is 13.1. The van der Waals surface area contributed by atoms with Crippen LogP contribution in [0, 0.1) is 5.82 Å². The summed E-state index contributed by atoms with van der Waals surface area (Å²) in [6, 6.07) is 2.66. The van der Waals surface area contributed by atoms with Gasteiger partial charge in [-0.3, -0.25) is 4.79 Å². The third kappa shape index (κ3) is 3.91. The van der Waals surface area contributed by atoms with Crippen molar-refractivity contribution in [2.24, 2.45) is 0 Å². The summed E-state index contributed by atoms with van der Waals surface area (Å²) in [6.07, 6.45) is -0.313. The van der Waals surface area contributed by atoms with E-state index >= 15 is 0 Å². The van der Waals surface area contributed by atoms with E-state index in [1.54, 1.807) is 13.8 Å². The molecule has 0 fully saturated rings. The molecule has 1 N–H and O–H groups in total. The summed E-state index contributed by atoms with van der Waals surface area (Å²) in [5.41, 5.74) is 0. The summed E-state index contributed by atoms with van der Waals surface area (Å²) in [6.45, 7) is 3.10. The van der Waals surface area contributed by atoms with Crippen molar-refractivity contribution in [2.45, 2.75) is 31.2 Å². The van der Waals surface area contributed by atoms with E-state index < -0.39 is 27.9 Å². The fourth-order valence-corrected chi connectivity index (χ4v) is 3.54. The minimum absolute atomic E-state index is 0.162. The Bertz CT molecular complexity index is 603. The molecule has 20 heavy (non-hydrogen) atoms. The number of halogens is 2. The van der Waals surface area contributed by atoms with Gasteiger partial charge in [0, 0.05) is 12.6 Å². The fraction of sp³-hybridized carbons (Fsp3) is 0.417. The first kappa shape index (κ1) is 16.9. The zero-order valence-electron chi connectivity index (χ0n) is 11.0. The Morgan fingerprint density at radius 1 is 1.45 bits per heavy atom. The number of carboxylic acids is 1. The van der Waals surface area contributed by atoms with E-state index in [2.05, 4.69) is 0 Å². The SMILES string of the molecule is CC(C)N(CCC(=O)O)S(=O)(=O)c1ccc(F)c(Cl)c1. The van der Waals surface area contributed by atoms with Gasteiger partial charge in [0.1, 0.15) is 5.82 Å². The van der Waals surface area contributed by atoms with Gasteiger partial charge in [-0.1, -0.05) is 11.6 Å². The second-order valence-corrected chi connectivity index (χ2v) is 6.73. The van der Waals surface area contributed by atoms with Gasteiger partial charge in [0.05, 0.1) is 16.3 Å². The number of nitrogens with zero attached hydrogens (tertiary/aromatic N) is 1. The second kappa shape index (κ2) is 6.51. The number of rotatable bonds is 6. The molecule has 0 saturated heterocycles. The van der Waals surface area contributed by atoms with E-state index in [4.69, 9.17) is 16.7 Å². The molecule has 1 rings (SSSR count). The van der Waals surface area contributed by atoms with Gasteiger partial charge in [-0.15, -0.1) is 0 Å². The standard InChI is InChI=1S/C12H15ClFNO4S/c1-8(2)15(6-5-12(16)17)20(18,19)9-3-4-11(14)10(13)7-9/h3-4,7-8H,5-6H2,1-2H3,(H,16,17). The van der Waals surface area contributed by atoms with Crippen molar-refractivity contribution in [3.8, 4) is 0 Å². The molecule has 0 aliphatic rings. The first-order chi connectivity index (χ1) is 9.16. The van der Waals surface area contributed by atoms with Gasteiger partial charge < -0.3 is 5.11 Å². The van der Waals surface area contributed by atoms with Crippen LogP contribution in [0.3, 0.4) is 0 Å². The summed E-state index contributed by atoms with van der Waals surface area (Å²) >= 11 is 5.58. The lowest BCUT2D eigenvalue weighted by molar-refractivity contribution is -0.137. The average Bonchev–Trinajstić information content (AvgIpc) is 2.31. The number of aliphatic carboxylic acids is 1. The lowest BCUT2D eigenvalue weighted by Gasteiger charge is -2.25. The van der Waals surface area contributed by atoms with Crippen molar-refractivity contribution in [1.82, 2.24) is 4.31 Å². The van der Waals surface area contributed by atoms with Crippen molar-refractivity contribution in [3.63, 3.8) is 0 Å². The molecule has 0 bridgehead atoms. The molecule has 5 nitrogen and oxygen atoms in total. The van der Waals surface area contributed by atoms with Crippen LogP contribution in [0.15, 0.2) is 23.1 Å². The normalized spacial score (nSPS) is 12.1. The molecule has 0 atom stereocenters. The molecule has 1 aromatic carbocycles. The Labute approximate surface area is 122 Å². The highest BCUT2D eigenvalue weighted by molar-refractivity contribution is 7.89. The highest BCUT2D eigenvalue weighted by atomic mass is 35.5. The summed E-state index contributed by atoms with van der Waals surface area (Å²) in [5, 5.41) is 8.37. The third-order valence-electron chi connectivity index (χ3n) is 2.62. The van der Waals surface area contributed by atoms with Crippen LogP contribution in [0.1, 0.15) is 20.3 Å². The van der Waals surface area contributed by atoms with E-state index in [0.29, 0.717) is 0 Å². The number of carbonyl (C=O) groups is 1. The Balaban J connectivity index is 3.15. The molecule has 0 amide bonds. The molecular weight excluding hydrogens is 309 g/mol. The molecule has 0 saturated carbocycles. The molecule has 8 heteroatoms. The van der Waals surface area contributed by atoms with E-state index in [1.165, 1.54) is 0 Å². The smallest absolute Gasteiger partial charge is 0.304 e. The Morgan fingerprint density at radius 2 is 2.05 bits per heavy atom. The highest BCUT2D eigenvalue weighted by Gasteiger charge is 2.27. The maximum absolute atomic E-state index is 13.1. The van der Waals surface area contributed by atoms with Gasteiger partial charge >= 0.3 is 5.97 Å². The van der Waals surface area contributed by atoms with Crippen molar-refractivity contribution in [3.05, 3.63) is 29.0 Å². The topological polar surface area (TPSA) is 74.7 Å². The van der Waals surface area contributed by atoms with Crippen LogP contribution >= 0.6 is 11.6 Å². The molecule has 112 valence electrons. The van der Waals surface area contributed by atoms with Gasteiger partial charge in [-0.05, 0) is 32.0 Å². The quantitative estimate of drug-likeness (QED) is 0.872. The second-order valence-electron chi connectivity index (χ2n) is 4.43. The van der Waals surface area contributed by atoms with E-state index in [1.807, 2.05) is 0 Å². The van der Waals surface area contributed by atoms with E-state index in [0.717, 1.165) is 22.5 Å². The maximum Gasteiger partial charge on any atom is 0.304 e. The van der Waals surface area contributed by atoms with Crippen molar-refractivity contribution < 1.29 is 22.7 Å². The number of sulfonamides is 1. The van der Waals surface area contributed by atoms with Crippen molar-refractivity contribution in [1.29, 1.82) is 0 Å². The van der Waals surface area contributed by atoms with Crippen molar-refractivity contribution in [2.75, 3.05) is 6.54 Å². The molecule has 0 spiro atoms. The van der Waals surface area contributed by atoms with E-state index in [9.17, 15) is 17.6 Å². The number of hydrogen-bond donors (Lipinski definition) is 1. The van der Waals surface area contributed by atoms with E-state index in [-0.39, 0.29) is 22.9 Å². The van der Waals surface area contributed by atoms with Crippen LogP contribution in [0.4, 0.5) is 4.39 Å². The Kier molecular flexibility index (Phi) is 5.50. The summed E-state index contributed by atoms with van der Waals surface area (Å²) in [5.74, 6) is -1.81. The summed E-state index contributed by atoms with van der Waals surface area (Å²) < 4.78 is 38.9. The minimum atomic E-state index is -3.92. The Morgan fingerprint density at radius 3 is 2.50 bits per heavy atom. The molecular formula is C12H15ClFNO4S. The summed E-state index contributed by atoms with van der Waals surface area (Å²) in [4.78, 5) is 10.4. The molecule has 0 aliphatic heterocycles. The average molecular weight is 324 g/mol. The van der Waals surface area contributed by atoms with Gasteiger partial charge in [-0.25, -0.2) is 12.8 Å². The molecule has 0 aromatic heterocycles. The molecule has 0 unspecified atom stereocenters. The first-order valence-electron chi connectivity index (χ1n) is 5.85. The van der Waals surface area contributed by atoms with Gasteiger partial charge in [0.2, 0.25) is 10.0 Å². The van der Waals surface area contributed by atoms with Crippen LogP contribution < -0.4 is 0 Å². The predicted molar refractivity (Wildman–Crippen MR) is 72.7 cm³/mol. The van der Waals surface area contributed by atoms with Gasteiger partial charge in [0.15, 0.2) is 0 Å². The van der Waals surface area contributed by atoms with Crippen LogP contribution in [0.5, 0.6) is 0 Å². The zero-order chi connectivity index (χ0) is 15.5. The lowest BCUT2D eigenvalue weighted by atomic mass is 10.3. The Hall–Kier alpha value is -1.18. The van der Waals surface area contributed by atoms with Gasteiger partial charge in [-0.2, -0.15) is 4.31 Å². The lowest BCUT2D eigenvalue weighted by Crippen LogP contribution is -2.38. The number of carboxylic acid groups (broad SMARTS) is 1. The molecule has 0 radical (unpaired) electrons.